The second-order valence-corrected chi connectivity index (χ2v) is 6.08. The van der Waals surface area contributed by atoms with Gasteiger partial charge in [0.2, 0.25) is 0 Å². The Bertz CT molecular complexity index is 596. The molecule has 0 unspecified atom stereocenters. The maximum absolute atomic E-state index is 6.14. The fraction of sp³-hybridized carbons (Fsp3) is 0.333. The third-order valence-corrected chi connectivity index (χ3v) is 3.56. The van der Waals surface area contributed by atoms with E-state index in [-0.39, 0.29) is 0 Å². The number of aryl methyl sites for hydroxylation is 1. The van der Waals surface area contributed by atoms with E-state index >= 15 is 0 Å². The van der Waals surface area contributed by atoms with Gasteiger partial charge in [0.15, 0.2) is 0 Å². The van der Waals surface area contributed by atoms with E-state index in [0.717, 1.165) is 35.2 Å². The summed E-state index contributed by atoms with van der Waals surface area (Å²) in [6, 6.07) is 14.2. The molecule has 0 amide bonds. The number of benzene rings is 2. The normalized spacial score (nSPS) is 10.7. The van der Waals surface area contributed by atoms with Crippen molar-refractivity contribution in [3.05, 3.63) is 58.6 Å². The van der Waals surface area contributed by atoms with Gasteiger partial charge in [-0.1, -0.05) is 43.6 Å². The van der Waals surface area contributed by atoms with E-state index in [0.29, 0.717) is 5.92 Å². The van der Waals surface area contributed by atoms with Gasteiger partial charge in [0.1, 0.15) is 5.75 Å². The molecule has 21 heavy (non-hydrogen) atoms. The van der Waals surface area contributed by atoms with Crippen molar-refractivity contribution in [3.63, 3.8) is 0 Å². The molecule has 3 heteroatoms. The summed E-state index contributed by atoms with van der Waals surface area (Å²) in [6.07, 6.45) is 0. The van der Waals surface area contributed by atoms with Crippen molar-refractivity contribution in [2.24, 2.45) is 5.92 Å². The second-order valence-electron chi connectivity index (χ2n) is 5.67. The molecule has 0 aliphatic carbocycles. The average molecular weight is 304 g/mol. The second kappa shape index (κ2) is 7.37. The minimum Gasteiger partial charge on any atom is -0.493 e. The van der Waals surface area contributed by atoms with Crippen LogP contribution in [0.15, 0.2) is 42.5 Å². The first kappa shape index (κ1) is 15.7. The lowest BCUT2D eigenvalue weighted by Crippen LogP contribution is -2.05. The lowest BCUT2D eigenvalue weighted by molar-refractivity contribution is 0.271. The quantitative estimate of drug-likeness (QED) is 0.782. The fourth-order valence-electron chi connectivity index (χ4n) is 1.91. The van der Waals surface area contributed by atoms with Crippen LogP contribution in [-0.2, 0) is 6.54 Å². The van der Waals surface area contributed by atoms with Crippen LogP contribution in [0.4, 0.5) is 5.69 Å². The largest absolute Gasteiger partial charge is 0.493 e. The van der Waals surface area contributed by atoms with E-state index in [4.69, 9.17) is 16.3 Å². The van der Waals surface area contributed by atoms with Gasteiger partial charge < -0.3 is 10.1 Å². The molecule has 0 spiro atoms. The highest BCUT2D eigenvalue weighted by Crippen LogP contribution is 2.20. The molecule has 2 aromatic rings. The van der Waals surface area contributed by atoms with Crippen LogP contribution in [0, 0.1) is 12.8 Å². The summed E-state index contributed by atoms with van der Waals surface area (Å²) in [7, 11) is 0. The number of rotatable bonds is 6. The zero-order valence-corrected chi connectivity index (χ0v) is 13.6. The first-order valence-electron chi connectivity index (χ1n) is 7.26. The smallest absolute Gasteiger partial charge is 0.121 e. The van der Waals surface area contributed by atoms with Gasteiger partial charge >= 0.3 is 0 Å². The minimum absolute atomic E-state index is 0.524. The summed E-state index contributed by atoms with van der Waals surface area (Å²) in [6.45, 7) is 7.77. The predicted molar refractivity (Wildman–Crippen MR) is 90.3 cm³/mol. The Kier molecular flexibility index (Phi) is 5.51. The van der Waals surface area contributed by atoms with E-state index < -0.39 is 0 Å². The topological polar surface area (TPSA) is 21.3 Å². The monoisotopic (exact) mass is 303 g/mol. The molecule has 2 aromatic carbocycles. The van der Waals surface area contributed by atoms with Crippen molar-refractivity contribution in [1.82, 2.24) is 0 Å². The van der Waals surface area contributed by atoms with Crippen molar-refractivity contribution in [3.8, 4) is 5.75 Å². The summed E-state index contributed by atoms with van der Waals surface area (Å²) < 4.78 is 5.73. The molecule has 2 nitrogen and oxygen atoms in total. The highest BCUT2D eigenvalue weighted by Gasteiger charge is 2.01. The van der Waals surface area contributed by atoms with Crippen LogP contribution in [0.5, 0.6) is 5.75 Å². The molecule has 112 valence electrons. The van der Waals surface area contributed by atoms with Gasteiger partial charge in [-0.3, -0.25) is 0 Å². The minimum atomic E-state index is 0.524. The fourth-order valence-corrected chi connectivity index (χ4v) is 2.11. The van der Waals surface area contributed by atoms with Crippen LogP contribution in [0.2, 0.25) is 5.02 Å². The maximum Gasteiger partial charge on any atom is 0.121 e. The van der Waals surface area contributed by atoms with Crippen LogP contribution in [-0.4, -0.2) is 6.61 Å². The molecular weight excluding hydrogens is 282 g/mol. The number of ether oxygens (including phenoxy) is 1. The molecule has 1 N–H and O–H groups in total. The molecule has 0 aliphatic heterocycles. The van der Waals surface area contributed by atoms with Gasteiger partial charge in [0.25, 0.3) is 0 Å². The van der Waals surface area contributed by atoms with Crippen LogP contribution in [0.3, 0.4) is 0 Å². The van der Waals surface area contributed by atoms with E-state index in [1.54, 1.807) is 0 Å². The van der Waals surface area contributed by atoms with Crippen LogP contribution in [0.1, 0.15) is 25.0 Å². The van der Waals surface area contributed by atoms with E-state index in [9.17, 15) is 0 Å². The van der Waals surface area contributed by atoms with Crippen molar-refractivity contribution in [2.45, 2.75) is 27.3 Å². The SMILES string of the molecule is Cc1ccc(CNc2cccc(OCC(C)C)c2)cc1Cl. The number of halogens is 1. The van der Waals surface area contributed by atoms with Crippen LogP contribution in [0.25, 0.3) is 0 Å². The predicted octanol–water partition coefficient (Wildman–Crippen LogP) is 5.30. The van der Waals surface area contributed by atoms with Crippen LogP contribution < -0.4 is 10.1 Å². The highest BCUT2D eigenvalue weighted by atomic mass is 35.5. The average Bonchev–Trinajstić information content (AvgIpc) is 2.47. The Hall–Kier alpha value is -1.67. The Morgan fingerprint density at radius 1 is 1.14 bits per heavy atom. The molecule has 2 rings (SSSR count). The molecular formula is C18H22ClNO. The third-order valence-electron chi connectivity index (χ3n) is 3.15. The van der Waals surface area contributed by atoms with E-state index in [2.05, 4.69) is 25.2 Å². The summed E-state index contributed by atoms with van der Waals surface area (Å²) in [5, 5.41) is 4.21. The van der Waals surface area contributed by atoms with E-state index in [1.807, 2.05) is 43.3 Å². The van der Waals surface area contributed by atoms with Gasteiger partial charge in [-0.05, 0) is 42.2 Å². The zero-order valence-electron chi connectivity index (χ0n) is 12.8. The standard InChI is InChI=1S/C18H22ClNO/c1-13(2)12-21-17-6-4-5-16(10-17)20-11-15-8-7-14(3)18(19)9-15/h4-10,13,20H,11-12H2,1-3H3. The number of hydrogen-bond donors (Lipinski definition) is 1. The molecule has 0 bridgehead atoms. The van der Waals surface area contributed by atoms with Gasteiger partial charge in [-0.25, -0.2) is 0 Å². The Balaban J connectivity index is 1.96. The Morgan fingerprint density at radius 3 is 2.67 bits per heavy atom. The number of nitrogens with one attached hydrogen (secondary N) is 1. The Morgan fingerprint density at radius 2 is 1.95 bits per heavy atom. The molecule has 0 radical (unpaired) electrons. The van der Waals surface area contributed by atoms with Crippen molar-refractivity contribution in [1.29, 1.82) is 0 Å². The highest BCUT2D eigenvalue weighted by molar-refractivity contribution is 6.31. The maximum atomic E-state index is 6.14. The molecule has 0 saturated heterocycles. The molecule has 0 aromatic heterocycles. The third kappa shape index (κ3) is 4.98. The van der Waals surface area contributed by atoms with Crippen LogP contribution >= 0.6 is 11.6 Å². The van der Waals surface area contributed by atoms with Gasteiger partial charge in [0, 0.05) is 23.3 Å². The lowest BCUT2D eigenvalue weighted by atomic mass is 10.1. The molecule has 0 heterocycles. The van der Waals surface area contributed by atoms with Crippen molar-refractivity contribution < 1.29 is 4.74 Å². The van der Waals surface area contributed by atoms with Gasteiger partial charge in [0.05, 0.1) is 6.61 Å². The summed E-state index contributed by atoms with van der Waals surface area (Å²) in [5.74, 6) is 1.42. The van der Waals surface area contributed by atoms with Crippen molar-refractivity contribution in [2.75, 3.05) is 11.9 Å². The zero-order chi connectivity index (χ0) is 15.2. The molecule has 0 aliphatic rings. The van der Waals surface area contributed by atoms with E-state index in [1.165, 1.54) is 5.56 Å². The lowest BCUT2D eigenvalue weighted by Gasteiger charge is -2.11. The van der Waals surface area contributed by atoms with Crippen molar-refractivity contribution >= 4 is 17.3 Å². The molecule has 0 saturated carbocycles. The Labute approximate surface area is 132 Å². The first-order valence-corrected chi connectivity index (χ1v) is 7.64. The molecule has 0 fully saturated rings. The van der Waals surface area contributed by atoms with Gasteiger partial charge in [-0.2, -0.15) is 0 Å². The number of hydrogen-bond acceptors (Lipinski definition) is 2. The summed E-state index contributed by atoms with van der Waals surface area (Å²) in [5.41, 5.74) is 3.32. The summed E-state index contributed by atoms with van der Waals surface area (Å²) >= 11 is 6.14. The van der Waals surface area contributed by atoms with Gasteiger partial charge in [-0.15, -0.1) is 0 Å². The first-order chi connectivity index (χ1) is 10.0. The summed E-state index contributed by atoms with van der Waals surface area (Å²) in [4.78, 5) is 0. The molecule has 0 atom stereocenters. The number of anilines is 1.